The van der Waals surface area contributed by atoms with E-state index in [1.54, 1.807) is 22.7 Å². The molecule has 0 atom stereocenters. The van der Waals surface area contributed by atoms with Crippen molar-refractivity contribution in [3.05, 3.63) is 127 Å². The molecule has 7 heteroatoms. The first kappa shape index (κ1) is 25.7. The number of fused-ring (bicyclic) bond motifs is 8. The van der Waals surface area contributed by atoms with Crippen LogP contribution in [0.1, 0.15) is 0 Å². The summed E-state index contributed by atoms with van der Waals surface area (Å²) in [6.07, 6.45) is 0. The predicted molar refractivity (Wildman–Crippen MR) is 189 cm³/mol. The van der Waals surface area contributed by atoms with Crippen LogP contribution in [0.15, 0.2) is 127 Å². The van der Waals surface area contributed by atoms with Crippen LogP contribution in [0.4, 0.5) is 0 Å². The van der Waals surface area contributed by atoms with Gasteiger partial charge in [0.05, 0.1) is 5.56 Å². The van der Waals surface area contributed by atoms with E-state index in [9.17, 15) is 0 Å². The quantitative estimate of drug-likeness (QED) is 0.195. The standard InChI is InChI=1S/C39H21N3O2S2/c1-2-9-22(10-3-1)37-40-38(23-17-18-26-24-11-4-6-15-32(24)45-34(26)19-23)42-39(41-37)27-13-8-14-29-36(27)44-30-20-28-25-12-5-7-16-33(25)46-35(28)21-31(30)43-29/h1-21H. The highest BCUT2D eigenvalue weighted by Gasteiger charge is 2.26. The molecule has 216 valence electrons. The zero-order valence-corrected chi connectivity index (χ0v) is 25.7. The molecule has 9 aromatic rings. The average molecular weight is 628 g/mol. The fourth-order valence-electron chi connectivity index (χ4n) is 6.21. The Hall–Kier alpha value is -5.63. The summed E-state index contributed by atoms with van der Waals surface area (Å²) in [7, 11) is 0. The van der Waals surface area contributed by atoms with Gasteiger partial charge in [0.15, 0.2) is 40.5 Å². The van der Waals surface area contributed by atoms with Crippen molar-refractivity contribution in [3.8, 4) is 57.2 Å². The van der Waals surface area contributed by atoms with Crippen LogP contribution in [0, 0.1) is 0 Å². The Balaban J connectivity index is 1.14. The van der Waals surface area contributed by atoms with E-state index in [-0.39, 0.29) is 0 Å². The molecule has 10 rings (SSSR count). The van der Waals surface area contributed by atoms with Crippen molar-refractivity contribution >= 4 is 63.0 Å². The minimum absolute atomic E-state index is 0.520. The van der Waals surface area contributed by atoms with Gasteiger partial charge in [0.25, 0.3) is 0 Å². The lowest BCUT2D eigenvalue weighted by molar-refractivity contribution is 0.361. The highest BCUT2D eigenvalue weighted by molar-refractivity contribution is 7.26. The van der Waals surface area contributed by atoms with E-state index in [1.807, 2.05) is 48.5 Å². The molecule has 3 aromatic heterocycles. The molecule has 0 fully saturated rings. The van der Waals surface area contributed by atoms with Crippen LogP contribution in [0.25, 0.3) is 74.5 Å². The molecule has 4 heterocycles. The van der Waals surface area contributed by atoms with Gasteiger partial charge in [0.2, 0.25) is 0 Å². The molecule has 6 aromatic carbocycles. The van der Waals surface area contributed by atoms with Crippen molar-refractivity contribution in [2.75, 3.05) is 0 Å². The predicted octanol–water partition coefficient (Wildman–Crippen LogP) is 11.5. The second kappa shape index (κ2) is 9.94. The largest absolute Gasteiger partial charge is 0.449 e. The third-order valence-corrected chi connectivity index (χ3v) is 10.7. The van der Waals surface area contributed by atoms with Gasteiger partial charge in [-0.15, -0.1) is 22.7 Å². The summed E-state index contributed by atoms with van der Waals surface area (Å²) < 4.78 is 18.0. The van der Waals surface area contributed by atoms with Crippen LogP contribution >= 0.6 is 22.7 Å². The summed E-state index contributed by atoms with van der Waals surface area (Å²) in [5, 5.41) is 4.85. The van der Waals surface area contributed by atoms with Crippen molar-refractivity contribution in [2.24, 2.45) is 0 Å². The zero-order valence-electron chi connectivity index (χ0n) is 24.1. The number of thiophene rings is 2. The van der Waals surface area contributed by atoms with Gasteiger partial charge >= 0.3 is 0 Å². The Morgan fingerprint density at radius 1 is 0.391 bits per heavy atom. The molecule has 0 N–H and O–H groups in total. The number of nitrogens with zero attached hydrogens (tertiary/aromatic N) is 3. The number of hydrogen-bond acceptors (Lipinski definition) is 7. The number of para-hydroxylation sites is 1. The fraction of sp³-hybridized carbons (Fsp3) is 0. The average Bonchev–Trinajstić information content (AvgIpc) is 3.67. The van der Waals surface area contributed by atoms with E-state index in [0.29, 0.717) is 40.5 Å². The molecule has 1 aliphatic rings. The van der Waals surface area contributed by atoms with Gasteiger partial charge in [-0.3, -0.25) is 0 Å². The lowest BCUT2D eigenvalue weighted by atomic mass is 10.1. The molecule has 1 aliphatic heterocycles. The number of benzene rings is 6. The lowest BCUT2D eigenvalue weighted by Crippen LogP contribution is -2.04. The summed E-state index contributed by atoms with van der Waals surface area (Å²) in [4.78, 5) is 15.0. The molecule has 46 heavy (non-hydrogen) atoms. The molecule has 0 radical (unpaired) electrons. The van der Waals surface area contributed by atoms with Gasteiger partial charge in [0, 0.05) is 57.5 Å². The topological polar surface area (TPSA) is 57.1 Å². The highest BCUT2D eigenvalue weighted by atomic mass is 32.1. The fourth-order valence-corrected chi connectivity index (χ4v) is 8.47. The van der Waals surface area contributed by atoms with Crippen LogP contribution in [0.3, 0.4) is 0 Å². The van der Waals surface area contributed by atoms with Crippen LogP contribution < -0.4 is 9.47 Å². The minimum Gasteiger partial charge on any atom is -0.449 e. The monoisotopic (exact) mass is 627 g/mol. The third kappa shape index (κ3) is 4.03. The highest BCUT2D eigenvalue weighted by Crippen LogP contribution is 2.52. The maximum atomic E-state index is 6.65. The van der Waals surface area contributed by atoms with E-state index in [0.717, 1.165) is 26.8 Å². The van der Waals surface area contributed by atoms with E-state index in [4.69, 9.17) is 24.4 Å². The van der Waals surface area contributed by atoms with E-state index in [1.165, 1.54) is 30.3 Å². The van der Waals surface area contributed by atoms with Gasteiger partial charge in [-0.1, -0.05) is 84.9 Å². The summed E-state index contributed by atoms with van der Waals surface area (Å²) in [6.45, 7) is 0. The number of ether oxygens (including phenoxy) is 2. The molecule has 0 unspecified atom stereocenters. The first-order valence-electron chi connectivity index (χ1n) is 14.9. The van der Waals surface area contributed by atoms with Crippen molar-refractivity contribution in [3.63, 3.8) is 0 Å². The number of hydrogen-bond donors (Lipinski definition) is 0. The van der Waals surface area contributed by atoms with Crippen molar-refractivity contribution < 1.29 is 9.47 Å². The smallest absolute Gasteiger partial charge is 0.181 e. The first-order valence-corrected chi connectivity index (χ1v) is 16.6. The molecule has 0 saturated heterocycles. The molecule has 0 aliphatic carbocycles. The Labute approximate surface area is 271 Å². The van der Waals surface area contributed by atoms with E-state index >= 15 is 0 Å². The summed E-state index contributed by atoms with van der Waals surface area (Å²) in [5.74, 6) is 4.30. The molecule has 0 bridgehead atoms. The third-order valence-electron chi connectivity index (χ3n) is 8.40. The van der Waals surface area contributed by atoms with Crippen LogP contribution in [0.2, 0.25) is 0 Å². The zero-order chi connectivity index (χ0) is 30.2. The van der Waals surface area contributed by atoms with Crippen molar-refractivity contribution in [2.45, 2.75) is 0 Å². The minimum atomic E-state index is 0.520. The Morgan fingerprint density at radius 2 is 1.02 bits per heavy atom. The number of aromatic nitrogens is 3. The second-order valence-corrected chi connectivity index (χ2v) is 13.4. The summed E-state index contributed by atoms with van der Waals surface area (Å²) in [6, 6.07) is 43.4. The maximum absolute atomic E-state index is 6.65. The SMILES string of the molecule is c1ccc(-c2nc(-c3ccc4c(c3)sc3ccccc34)nc(-c3cccc4c3Oc3cc5c(cc3O4)sc3ccccc35)n2)cc1. The van der Waals surface area contributed by atoms with Gasteiger partial charge in [0.1, 0.15) is 0 Å². The van der Waals surface area contributed by atoms with Crippen LogP contribution in [-0.4, -0.2) is 15.0 Å². The summed E-state index contributed by atoms with van der Waals surface area (Å²) in [5.41, 5.74) is 2.58. The summed E-state index contributed by atoms with van der Waals surface area (Å²) >= 11 is 3.53. The lowest BCUT2D eigenvalue weighted by Gasteiger charge is -2.22. The molecule has 0 spiro atoms. The second-order valence-electron chi connectivity index (χ2n) is 11.2. The first-order chi connectivity index (χ1) is 22.7. The van der Waals surface area contributed by atoms with Crippen molar-refractivity contribution in [1.29, 1.82) is 0 Å². The number of rotatable bonds is 3. The van der Waals surface area contributed by atoms with Crippen molar-refractivity contribution in [1.82, 2.24) is 15.0 Å². The van der Waals surface area contributed by atoms with Gasteiger partial charge in [-0.25, -0.2) is 15.0 Å². The Kier molecular flexibility index (Phi) is 5.55. The van der Waals surface area contributed by atoms with Crippen LogP contribution in [-0.2, 0) is 0 Å². The van der Waals surface area contributed by atoms with E-state index in [2.05, 4.69) is 78.9 Å². The molecule has 0 saturated carbocycles. The van der Waals surface area contributed by atoms with E-state index < -0.39 is 0 Å². The maximum Gasteiger partial charge on any atom is 0.181 e. The van der Waals surface area contributed by atoms with Gasteiger partial charge in [-0.2, -0.15) is 0 Å². The Bertz CT molecular complexity index is 2660. The van der Waals surface area contributed by atoms with Crippen LogP contribution in [0.5, 0.6) is 23.0 Å². The molecule has 0 amide bonds. The van der Waals surface area contributed by atoms with Gasteiger partial charge < -0.3 is 9.47 Å². The molecular formula is C39H21N3O2S2. The Morgan fingerprint density at radius 3 is 1.83 bits per heavy atom. The molecular weight excluding hydrogens is 607 g/mol. The molecule has 5 nitrogen and oxygen atoms in total. The van der Waals surface area contributed by atoms with Gasteiger partial charge in [-0.05, 0) is 36.4 Å². The normalized spacial score (nSPS) is 12.3.